The van der Waals surface area contributed by atoms with Gasteiger partial charge in [0.25, 0.3) is 0 Å². The zero-order valence-corrected chi connectivity index (χ0v) is 6.94. The van der Waals surface area contributed by atoms with E-state index >= 15 is 0 Å². The molecule has 60 valence electrons. The molecule has 0 N–H and O–H groups in total. The second-order valence-corrected chi connectivity index (χ2v) is 2.91. The quantitative estimate of drug-likeness (QED) is 0.569. The molecule has 0 aliphatic carbocycles. The summed E-state index contributed by atoms with van der Waals surface area (Å²) >= 11 is 0. The summed E-state index contributed by atoms with van der Waals surface area (Å²) in [7, 11) is 0. The second-order valence-electron chi connectivity index (χ2n) is 2.91. The van der Waals surface area contributed by atoms with Crippen LogP contribution in [0.15, 0.2) is 29.4 Å². The molecule has 0 radical (unpaired) electrons. The molecule has 2 rings (SSSR count). The van der Waals surface area contributed by atoms with E-state index in [1.165, 1.54) is 0 Å². The standard InChI is InChI=1S/C10H10N2/c1-8-4-5-9-3-2-6-11-10(9)12-7-8/h2-8H,1H3. The molecule has 1 aliphatic rings. The number of pyridine rings is 1. The summed E-state index contributed by atoms with van der Waals surface area (Å²) in [6.07, 6.45) is 7.87. The van der Waals surface area contributed by atoms with Gasteiger partial charge < -0.3 is 0 Å². The van der Waals surface area contributed by atoms with Crippen LogP contribution in [0, 0.1) is 5.92 Å². The Bertz CT molecular complexity index is 306. The number of hydrogen-bond acceptors (Lipinski definition) is 2. The van der Waals surface area contributed by atoms with Crippen LogP contribution in [0.3, 0.4) is 0 Å². The number of fused-ring (bicyclic) bond motifs is 1. The third-order valence-electron chi connectivity index (χ3n) is 1.83. The van der Waals surface area contributed by atoms with E-state index in [1.54, 1.807) is 6.20 Å². The summed E-state index contributed by atoms with van der Waals surface area (Å²) in [5.74, 6) is 1.22. The van der Waals surface area contributed by atoms with E-state index in [0.717, 1.165) is 11.4 Å². The van der Waals surface area contributed by atoms with Gasteiger partial charge in [-0.3, -0.25) is 0 Å². The van der Waals surface area contributed by atoms with Gasteiger partial charge in [-0.2, -0.15) is 0 Å². The van der Waals surface area contributed by atoms with E-state index in [4.69, 9.17) is 0 Å². The summed E-state index contributed by atoms with van der Waals surface area (Å²) < 4.78 is 0. The van der Waals surface area contributed by atoms with E-state index in [2.05, 4.69) is 29.1 Å². The molecule has 1 unspecified atom stereocenters. The Balaban J connectivity index is 2.52. The fourth-order valence-electron chi connectivity index (χ4n) is 1.14. The summed E-state index contributed by atoms with van der Waals surface area (Å²) in [5.41, 5.74) is 1.10. The van der Waals surface area contributed by atoms with Crippen LogP contribution in [0.1, 0.15) is 12.5 Å². The third-order valence-corrected chi connectivity index (χ3v) is 1.83. The maximum atomic E-state index is 4.27. The molecule has 0 bridgehead atoms. The average molecular weight is 158 g/mol. The average Bonchev–Trinajstić information content (AvgIpc) is 2.29. The minimum Gasteiger partial charge on any atom is -0.240 e. The van der Waals surface area contributed by atoms with Crippen LogP contribution >= 0.6 is 0 Å². The first kappa shape index (κ1) is 7.22. The second kappa shape index (κ2) is 2.89. The largest absolute Gasteiger partial charge is 0.240 e. The number of aliphatic imine (C=N–C) groups is 1. The van der Waals surface area contributed by atoms with Crippen LogP contribution in [0.25, 0.3) is 6.08 Å². The lowest BCUT2D eigenvalue weighted by Crippen LogP contribution is -1.86. The molecule has 0 amide bonds. The maximum Gasteiger partial charge on any atom is 0.158 e. The Morgan fingerprint density at radius 1 is 1.42 bits per heavy atom. The molecule has 0 saturated carbocycles. The molecule has 2 nitrogen and oxygen atoms in total. The van der Waals surface area contributed by atoms with Crippen molar-refractivity contribution in [2.24, 2.45) is 10.9 Å². The zero-order valence-electron chi connectivity index (χ0n) is 6.94. The lowest BCUT2D eigenvalue weighted by atomic mass is 10.1. The summed E-state index contributed by atoms with van der Waals surface area (Å²) in [6, 6.07) is 3.95. The van der Waals surface area contributed by atoms with Crippen LogP contribution in [0.5, 0.6) is 0 Å². The van der Waals surface area contributed by atoms with E-state index < -0.39 is 0 Å². The number of nitrogens with zero attached hydrogens (tertiary/aromatic N) is 2. The van der Waals surface area contributed by atoms with Gasteiger partial charge in [0.05, 0.1) is 0 Å². The minimum absolute atomic E-state index is 0.402. The van der Waals surface area contributed by atoms with Gasteiger partial charge in [0.15, 0.2) is 5.82 Å². The van der Waals surface area contributed by atoms with Crippen molar-refractivity contribution in [1.82, 2.24) is 4.98 Å². The van der Waals surface area contributed by atoms with Gasteiger partial charge in [-0.1, -0.05) is 19.1 Å². The van der Waals surface area contributed by atoms with Gasteiger partial charge in [-0.25, -0.2) is 9.98 Å². The van der Waals surface area contributed by atoms with Gasteiger partial charge in [0, 0.05) is 23.9 Å². The Hall–Kier alpha value is -1.44. The lowest BCUT2D eigenvalue weighted by molar-refractivity contribution is 1.03. The molecule has 2 heterocycles. The van der Waals surface area contributed by atoms with Crippen molar-refractivity contribution in [1.29, 1.82) is 0 Å². The van der Waals surface area contributed by atoms with Gasteiger partial charge in [0.2, 0.25) is 0 Å². The Labute approximate surface area is 71.7 Å². The van der Waals surface area contributed by atoms with Crippen molar-refractivity contribution < 1.29 is 0 Å². The number of allylic oxidation sites excluding steroid dienone is 1. The van der Waals surface area contributed by atoms with Crippen LogP contribution in [0.4, 0.5) is 5.82 Å². The Morgan fingerprint density at radius 2 is 2.33 bits per heavy atom. The van der Waals surface area contributed by atoms with Crippen molar-refractivity contribution in [3.63, 3.8) is 0 Å². The van der Waals surface area contributed by atoms with Crippen LogP contribution in [-0.4, -0.2) is 11.2 Å². The van der Waals surface area contributed by atoms with Gasteiger partial charge >= 0.3 is 0 Å². The predicted octanol–water partition coefficient (Wildman–Crippen LogP) is 2.45. The fourth-order valence-corrected chi connectivity index (χ4v) is 1.14. The van der Waals surface area contributed by atoms with E-state index in [1.807, 2.05) is 18.3 Å². The Morgan fingerprint density at radius 3 is 3.25 bits per heavy atom. The fraction of sp³-hybridized carbons (Fsp3) is 0.200. The first-order valence-corrected chi connectivity index (χ1v) is 4.03. The molecule has 0 spiro atoms. The van der Waals surface area contributed by atoms with Gasteiger partial charge in [-0.05, 0) is 12.1 Å². The predicted molar refractivity (Wildman–Crippen MR) is 50.6 cm³/mol. The van der Waals surface area contributed by atoms with Crippen molar-refractivity contribution in [3.05, 3.63) is 30.0 Å². The normalized spacial score (nSPS) is 20.2. The lowest BCUT2D eigenvalue weighted by Gasteiger charge is -1.94. The molecule has 1 aromatic heterocycles. The zero-order chi connectivity index (χ0) is 8.39. The molecule has 12 heavy (non-hydrogen) atoms. The van der Waals surface area contributed by atoms with Crippen molar-refractivity contribution in [2.75, 3.05) is 0 Å². The molecular weight excluding hydrogens is 148 g/mol. The van der Waals surface area contributed by atoms with E-state index in [-0.39, 0.29) is 0 Å². The number of aromatic nitrogens is 1. The van der Waals surface area contributed by atoms with Gasteiger partial charge in [0.1, 0.15) is 0 Å². The molecule has 2 heteroatoms. The summed E-state index contributed by atoms with van der Waals surface area (Å²) in [5, 5.41) is 0. The SMILES string of the molecule is CC1C=Cc2cccnc2N=C1. The molecule has 1 aliphatic heterocycles. The van der Waals surface area contributed by atoms with Crippen molar-refractivity contribution in [3.8, 4) is 0 Å². The van der Waals surface area contributed by atoms with Crippen molar-refractivity contribution >= 4 is 18.1 Å². The van der Waals surface area contributed by atoms with E-state index in [0.29, 0.717) is 5.92 Å². The monoisotopic (exact) mass is 158 g/mol. The molecule has 0 aromatic carbocycles. The van der Waals surface area contributed by atoms with Crippen LogP contribution < -0.4 is 0 Å². The smallest absolute Gasteiger partial charge is 0.158 e. The maximum absolute atomic E-state index is 4.27. The highest BCUT2D eigenvalue weighted by atomic mass is 14.9. The molecular formula is C10H10N2. The van der Waals surface area contributed by atoms with Crippen molar-refractivity contribution in [2.45, 2.75) is 6.92 Å². The van der Waals surface area contributed by atoms with Crippen LogP contribution in [0.2, 0.25) is 0 Å². The Kier molecular flexibility index (Phi) is 1.74. The summed E-state index contributed by atoms with van der Waals surface area (Å²) in [4.78, 5) is 8.43. The number of rotatable bonds is 0. The highest BCUT2D eigenvalue weighted by molar-refractivity contribution is 5.75. The highest BCUT2D eigenvalue weighted by Crippen LogP contribution is 2.19. The molecule has 0 fully saturated rings. The molecule has 1 atom stereocenters. The first-order valence-electron chi connectivity index (χ1n) is 4.03. The first-order chi connectivity index (χ1) is 5.86. The van der Waals surface area contributed by atoms with E-state index in [9.17, 15) is 0 Å². The van der Waals surface area contributed by atoms with Gasteiger partial charge in [-0.15, -0.1) is 0 Å². The van der Waals surface area contributed by atoms with Crippen LogP contribution in [-0.2, 0) is 0 Å². The molecule has 1 aromatic rings. The topological polar surface area (TPSA) is 25.2 Å². The minimum atomic E-state index is 0.402. The number of hydrogen-bond donors (Lipinski definition) is 0. The summed E-state index contributed by atoms with van der Waals surface area (Å²) in [6.45, 7) is 2.10. The third kappa shape index (κ3) is 1.28. The highest BCUT2D eigenvalue weighted by Gasteiger charge is 2.02. The molecule has 0 saturated heterocycles.